The molecule has 1 aliphatic rings. The van der Waals surface area contributed by atoms with Crippen LogP contribution in [0, 0.1) is 0 Å². The highest BCUT2D eigenvalue weighted by Gasteiger charge is 2.49. The summed E-state index contributed by atoms with van der Waals surface area (Å²) in [6.45, 7) is 4.95. The van der Waals surface area contributed by atoms with Gasteiger partial charge in [0.2, 0.25) is 11.7 Å². The first-order chi connectivity index (χ1) is 15.3. The molecule has 1 unspecified atom stereocenters. The summed E-state index contributed by atoms with van der Waals surface area (Å²) < 4.78 is 31.0. The largest absolute Gasteiger partial charge is 0.475 e. The normalized spacial score (nSPS) is 21.2. The maximum Gasteiger partial charge on any atom is 0.373 e. The van der Waals surface area contributed by atoms with Crippen molar-refractivity contribution in [1.29, 1.82) is 0 Å². The standard InChI is InChI=1S/C20H27NO12/c1-9(22)21-14-7-15(20(27)28-6)33-19(17(14)31-12(4)25)18(32-13(5)26)16(30-11(3)24)8-29-10(2)23/h7,14,16-19H,8H2,1-6H3,(H,21,22)/t14-,16+,17+,18?,19+/m0/s1. The number of amides is 1. The fourth-order valence-corrected chi connectivity index (χ4v) is 3.03. The molecule has 1 aliphatic heterocycles. The van der Waals surface area contributed by atoms with Crippen LogP contribution in [0.1, 0.15) is 34.6 Å². The van der Waals surface area contributed by atoms with E-state index in [0.717, 1.165) is 40.9 Å². The maximum absolute atomic E-state index is 12.2. The second kappa shape index (κ2) is 12.4. The first kappa shape index (κ1) is 27.4. The molecule has 0 radical (unpaired) electrons. The minimum Gasteiger partial charge on any atom is -0.475 e. The van der Waals surface area contributed by atoms with E-state index in [9.17, 15) is 28.8 Å². The third-order valence-electron chi connectivity index (χ3n) is 4.09. The van der Waals surface area contributed by atoms with Crippen molar-refractivity contribution in [2.75, 3.05) is 13.7 Å². The van der Waals surface area contributed by atoms with Crippen LogP contribution < -0.4 is 5.32 Å². The van der Waals surface area contributed by atoms with Gasteiger partial charge in [0.05, 0.1) is 13.2 Å². The highest BCUT2D eigenvalue weighted by molar-refractivity contribution is 5.87. The monoisotopic (exact) mass is 473 g/mol. The van der Waals surface area contributed by atoms with E-state index in [1.54, 1.807) is 0 Å². The van der Waals surface area contributed by atoms with Gasteiger partial charge in [0.25, 0.3) is 0 Å². The van der Waals surface area contributed by atoms with Crippen LogP contribution in [0.2, 0.25) is 0 Å². The first-order valence-electron chi connectivity index (χ1n) is 9.74. The molecule has 0 aromatic heterocycles. The van der Waals surface area contributed by atoms with E-state index < -0.39 is 78.6 Å². The average molecular weight is 473 g/mol. The van der Waals surface area contributed by atoms with Gasteiger partial charge >= 0.3 is 29.8 Å². The summed E-state index contributed by atoms with van der Waals surface area (Å²) in [5.41, 5.74) is 0. The summed E-state index contributed by atoms with van der Waals surface area (Å²) in [4.78, 5) is 70.6. The van der Waals surface area contributed by atoms with Crippen molar-refractivity contribution >= 4 is 35.8 Å². The highest BCUT2D eigenvalue weighted by Crippen LogP contribution is 2.28. The van der Waals surface area contributed by atoms with Gasteiger partial charge in [0.15, 0.2) is 24.4 Å². The Bertz CT molecular complexity index is 820. The summed E-state index contributed by atoms with van der Waals surface area (Å²) in [7, 11) is 1.08. The van der Waals surface area contributed by atoms with Gasteiger partial charge in [-0.05, 0) is 6.08 Å². The number of rotatable bonds is 9. The van der Waals surface area contributed by atoms with Crippen LogP contribution in [0.3, 0.4) is 0 Å². The summed E-state index contributed by atoms with van der Waals surface area (Å²) in [6.07, 6.45) is -4.64. The summed E-state index contributed by atoms with van der Waals surface area (Å²) in [5.74, 6) is -5.05. The van der Waals surface area contributed by atoms with Crippen molar-refractivity contribution in [3.05, 3.63) is 11.8 Å². The summed E-state index contributed by atoms with van der Waals surface area (Å²) in [6, 6.07) is -1.12. The molecule has 1 N–H and O–H groups in total. The fraction of sp³-hybridized carbons (Fsp3) is 0.600. The Morgan fingerprint density at radius 1 is 0.939 bits per heavy atom. The van der Waals surface area contributed by atoms with E-state index in [2.05, 4.69) is 10.1 Å². The Morgan fingerprint density at radius 2 is 1.55 bits per heavy atom. The van der Waals surface area contributed by atoms with Crippen LogP contribution in [0.25, 0.3) is 0 Å². The van der Waals surface area contributed by atoms with Crippen molar-refractivity contribution in [1.82, 2.24) is 5.32 Å². The quantitative estimate of drug-likeness (QED) is 0.331. The molecule has 0 aromatic carbocycles. The molecule has 13 nitrogen and oxygen atoms in total. The molecule has 33 heavy (non-hydrogen) atoms. The average Bonchev–Trinajstić information content (AvgIpc) is 2.68. The topological polar surface area (TPSA) is 170 Å². The number of hydrogen-bond donors (Lipinski definition) is 1. The number of carbonyl (C=O) groups excluding carboxylic acids is 6. The second-order valence-electron chi connectivity index (χ2n) is 6.93. The number of nitrogens with one attached hydrogen (secondary N) is 1. The zero-order chi connectivity index (χ0) is 25.3. The molecule has 0 spiro atoms. The second-order valence-corrected chi connectivity index (χ2v) is 6.93. The van der Waals surface area contributed by atoms with Crippen molar-refractivity contribution in [2.45, 2.75) is 65.1 Å². The third kappa shape index (κ3) is 8.79. The minimum absolute atomic E-state index is 0.393. The predicted octanol–water partition coefficient (Wildman–Crippen LogP) is -0.695. The third-order valence-corrected chi connectivity index (χ3v) is 4.09. The van der Waals surface area contributed by atoms with E-state index in [1.165, 1.54) is 6.92 Å². The van der Waals surface area contributed by atoms with Crippen LogP contribution in [-0.4, -0.2) is 79.9 Å². The Hall–Kier alpha value is -3.64. The van der Waals surface area contributed by atoms with Gasteiger partial charge in [-0.2, -0.15) is 0 Å². The van der Waals surface area contributed by atoms with Crippen molar-refractivity contribution in [2.24, 2.45) is 0 Å². The van der Waals surface area contributed by atoms with E-state index in [-0.39, 0.29) is 0 Å². The molecule has 0 saturated carbocycles. The van der Waals surface area contributed by atoms with Gasteiger partial charge in [0, 0.05) is 34.6 Å². The fourth-order valence-electron chi connectivity index (χ4n) is 3.03. The Kier molecular flexibility index (Phi) is 10.3. The Morgan fingerprint density at radius 3 is 2.00 bits per heavy atom. The van der Waals surface area contributed by atoms with Crippen LogP contribution >= 0.6 is 0 Å². The lowest BCUT2D eigenvalue weighted by molar-refractivity contribution is -0.200. The van der Waals surface area contributed by atoms with Crippen molar-refractivity contribution in [3.63, 3.8) is 0 Å². The molecule has 5 atom stereocenters. The summed E-state index contributed by atoms with van der Waals surface area (Å²) in [5, 5.41) is 2.50. The SMILES string of the molecule is COC(=O)C1=C[C@H](NC(C)=O)[C@@H](OC(C)=O)[C@H](C(OC(C)=O)[C@@H](COC(C)=O)OC(C)=O)O1. The maximum atomic E-state index is 12.2. The lowest BCUT2D eigenvalue weighted by atomic mass is 9.93. The number of carbonyl (C=O) groups is 6. The molecular weight excluding hydrogens is 446 g/mol. The van der Waals surface area contributed by atoms with E-state index >= 15 is 0 Å². The van der Waals surface area contributed by atoms with Gasteiger partial charge in [-0.15, -0.1) is 0 Å². The Labute approximate surface area is 189 Å². The first-order valence-corrected chi connectivity index (χ1v) is 9.74. The van der Waals surface area contributed by atoms with Gasteiger partial charge < -0.3 is 33.7 Å². The highest BCUT2D eigenvalue weighted by atomic mass is 16.6. The molecule has 184 valence electrons. The van der Waals surface area contributed by atoms with E-state index in [4.69, 9.17) is 23.7 Å². The van der Waals surface area contributed by atoms with Crippen LogP contribution in [0.15, 0.2) is 11.8 Å². The minimum atomic E-state index is -1.54. The Balaban J connectivity index is 3.58. The summed E-state index contributed by atoms with van der Waals surface area (Å²) >= 11 is 0. The molecule has 0 aromatic rings. The van der Waals surface area contributed by atoms with E-state index in [0.29, 0.717) is 0 Å². The molecule has 1 amide bonds. The smallest absolute Gasteiger partial charge is 0.373 e. The molecule has 0 fully saturated rings. The lowest BCUT2D eigenvalue weighted by Crippen LogP contribution is -2.60. The molecule has 0 bridgehead atoms. The van der Waals surface area contributed by atoms with Gasteiger partial charge in [-0.25, -0.2) is 4.79 Å². The van der Waals surface area contributed by atoms with Gasteiger partial charge in [0.1, 0.15) is 6.61 Å². The van der Waals surface area contributed by atoms with Crippen molar-refractivity contribution in [3.8, 4) is 0 Å². The zero-order valence-corrected chi connectivity index (χ0v) is 19.1. The van der Waals surface area contributed by atoms with Crippen LogP contribution in [0.5, 0.6) is 0 Å². The lowest BCUT2D eigenvalue weighted by Gasteiger charge is -2.40. The number of hydrogen-bond acceptors (Lipinski definition) is 12. The molecule has 0 saturated heterocycles. The molecular formula is C20H27NO12. The number of esters is 5. The van der Waals surface area contributed by atoms with Crippen LogP contribution in [0.4, 0.5) is 0 Å². The van der Waals surface area contributed by atoms with Crippen LogP contribution in [-0.2, 0) is 57.2 Å². The number of methoxy groups -OCH3 is 1. The molecule has 0 aliphatic carbocycles. The molecule has 13 heteroatoms. The predicted molar refractivity (Wildman–Crippen MR) is 106 cm³/mol. The van der Waals surface area contributed by atoms with E-state index in [1.807, 2.05) is 0 Å². The van der Waals surface area contributed by atoms with Crippen molar-refractivity contribution < 1.29 is 57.2 Å². The zero-order valence-electron chi connectivity index (χ0n) is 19.1. The number of ether oxygens (including phenoxy) is 6. The van der Waals surface area contributed by atoms with Gasteiger partial charge in [-0.3, -0.25) is 24.0 Å². The molecule has 1 rings (SSSR count). The van der Waals surface area contributed by atoms with Gasteiger partial charge in [-0.1, -0.05) is 0 Å². The molecule has 1 heterocycles.